The number of nitriles is 1. The fourth-order valence-electron chi connectivity index (χ4n) is 2.95. The van der Waals surface area contributed by atoms with Gasteiger partial charge >= 0.3 is 0 Å². The van der Waals surface area contributed by atoms with Crippen molar-refractivity contribution in [3.05, 3.63) is 60.2 Å². The second-order valence-electron chi connectivity index (χ2n) is 5.29. The van der Waals surface area contributed by atoms with Gasteiger partial charge in [-0.25, -0.2) is 4.98 Å². The van der Waals surface area contributed by atoms with Crippen molar-refractivity contribution in [2.75, 3.05) is 11.5 Å². The minimum atomic E-state index is 0.342. The van der Waals surface area contributed by atoms with Crippen LogP contribution in [0.25, 0.3) is 27.8 Å². The zero-order chi connectivity index (χ0) is 16.0. The number of pyridine rings is 1. The van der Waals surface area contributed by atoms with Crippen LogP contribution in [0.15, 0.2) is 54.6 Å². The number of nitrogens with zero attached hydrogens (tertiary/aromatic N) is 3. The average Bonchev–Trinajstić information content (AvgIpc) is 2.95. The molecule has 4 rings (SSSR count). The number of aromatic nitrogens is 2. The van der Waals surface area contributed by atoms with Gasteiger partial charge in [-0.15, -0.1) is 0 Å². The number of hydrogen-bond acceptors (Lipinski definition) is 4. The Morgan fingerprint density at radius 2 is 1.65 bits per heavy atom. The van der Waals surface area contributed by atoms with E-state index < -0.39 is 0 Å². The van der Waals surface area contributed by atoms with Crippen molar-refractivity contribution in [3.8, 4) is 17.2 Å². The molecule has 0 aliphatic rings. The predicted octanol–water partition coefficient (Wildman–Crippen LogP) is 3.19. The highest BCUT2D eigenvalue weighted by molar-refractivity contribution is 5.96. The summed E-state index contributed by atoms with van der Waals surface area (Å²) in [5.74, 6) is 0.483. The Morgan fingerprint density at radius 1 is 0.957 bits per heavy atom. The molecule has 23 heavy (non-hydrogen) atoms. The highest BCUT2D eigenvalue weighted by Crippen LogP contribution is 2.37. The van der Waals surface area contributed by atoms with E-state index in [1.54, 1.807) is 4.40 Å². The molecule has 0 amide bonds. The first kappa shape index (κ1) is 13.2. The lowest BCUT2D eigenvalue weighted by Gasteiger charge is -2.14. The molecule has 0 spiro atoms. The fraction of sp³-hybridized carbons (Fsp3) is 0. The van der Waals surface area contributed by atoms with Crippen LogP contribution in [0.5, 0.6) is 0 Å². The summed E-state index contributed by atoms with van der Waals surface area (Å²) in [5, 5.41) is 9.58. The molecule has 0 saturated heterocycles. The van der Waals surface area contributed by atoms with Crippen LogP contribution in [0, 0.1) is 11.3 Å². The first-order valence-corrected chi connectivity index (χ1v) is 7.16. The van der Waals surface area contributed by atoms with E-state index in [0.717, 1.165) is 16.6 Å². The SMILES string of the molecule is N#Cc1c(N)c(-c2ccccc2)c(N)n2c1nc1ccccc12. The molecule has 110 valence electrons. The first-order chi connectivity index (χ1) is 11.2. The maximum Gasteiger partial charge on any atom is 0.159 e. The third kappa shape index (κ3) is 1.75. The van der Waals surface area contributed by atoms with Crippen LogP contribution in [0.4, 0.5) is 11.5 Å². The Morgan fingerprint density at radius 3 is 2.39 bits per heavy atom. The molecule has 2 aromatic heterocycles. The molecule has 0 fully saturated rings. The highest BCUT2D eigenvalue weighted by atomic mass is 15.1. The summed E-state index contributed by atoms with van der Waals surface area (Å²) in [7, 11) is 0. The highest BCUT2D eigenvalue weighted by Gasteiger charge is 2.20. The first-order valence-electron chi connectivity index (χ1n) is 7.16. The van der Waals surface area contributed by atoms with Crippen molar-refractivity contribution in [1.29, 1.82) is 5.26 Å². The van der Waals surface area contributed by atoms with E-state index >= 15 is 0 Å². The number of rotatable bonds is 1. The summed E-state index contributed by atoms with van der Waals surface area (Å²) in [5.41, 5.74) is 17.0. The van der Waals surface area contributed by atoms with Crippen LogP contribution in [0.3, 0.4) is 0 Å². The minimum absolute atomic E-state index is 0.342. The molecule has 5 nitrogen and oxygen atoms in total. The van der Waals surface area contributed by atoms with Gasteiger partial charge in [0.05, 0.1) is 16.7 Å². The van der Waals surface area contributed by atoms with Crippen LogP contribution in [0.1, 0.15) is 5.56 Å². The van der Waals surface area contributed by atoms with Crippen LogP contribution in [0.2, 0.25) is 0 Å². The van der Waals surface area contributed by atoms with Crippen molar-refractivity contribution >= 4 is 28.2 Å². The number of para-hydroxylation sites is 2. The zero-order valence-electron chi connectivity index (χ0n) is 12.2. The largest absolute Gasteiger partial charge is 0.397 e. The molecule has 0 radical (unpaired) electrons. The molecule has 4 aromatic rings. The van der Waals surface area contributed by atoms with Gasteiger partial charge < -0.3 is 11.5 Å². The minimum Gasteiger partial charge on any atom is -0.397 e. The molecular formula is C18H13N5. The van der Waals surface area contributed by atoms with Crippen LogP contribution in [-0.4, -0.2) is 9.38 Å². The summed E-state index contributed by atoms with van der Waals surface area (Å²) in [6.45, 7) is 0. The maximum absolute atomic E-state index is 9.58. The third-order valence-electron chi connectivity index (χ3n) is 3.99. The molecule has 0 aliphatic carbocycles. The van der Waals surface area contributed by atoms with Gasteiger partial charge in [0, 0.05) is 5.56 Å². The second kappa shape index (κ2) is 4.75. The number of hydrogen-bond donors (Lipinski definition) is 2. The van der Waals surface area contributed by atoms with Gasteiger partial charge in [0.25, 0.3) is 0 Å². The Balaban J connectivity index is 2.25. The van der Waals surface area contributed by atoms with Crippen molar-refractivity contribution in [2.24, 2.45) is 0 Å². The summed E-state index contributed by atoms with van der Waals surface area (Å²) in [6, 6.07) is 19.4. The van der Waals surface area contributed by atoms with Crippen molar-refractivity contribution in [1.82, 2.24) is 9.38 Å². The molecule has 4 N–H and O–H groups in total. The molecular weight excluding hydrogens is 286 g/mol. The van der Waals surface area contributed by atoms with E-state index in [-0.39, 0.29) is 0 Å². The number of benzene rings is 2. The van der Waals surface area contributed by atoms with Gasteiger partial charge in [-0.1, -0.05) is 42.5 Å². The normalized spacial score (nSPS) is 10.9. The lowest BCUT2D eigenvalue weighted by Crippen LogP contribution is -2.06. The summed E-state index contributed by atoms with van der Waals surface area (Å²) < 4.78 is 1.80. The Bertz CT molecular complexity index is 1090. The number of nitrogen functional groups attached to an aromatic ring is 2. The summed E-state index contributed by atoms with van der Waals surface area (Å²) in [6.07, 6.45) is 0. The average molecular weight is 299 g/mol. The third-order valence-corrected chi connectivity index (χ3v) is 3.99. The molecule has 0 bridgehead atoms. The van der Waals surface area contributed by atoms with Crippen molar-refractivity contribution in [2.45, 2.75) is 0 Å². The van der Waals surface area contributed by atoms with Crippen LogP contribution in [-0.2, 0) is 0 Å². The number of imidazole rings is 1. The van der Waals surface area contributed by atoms with E-state index in [9.17, 15) is 5.26 Å². The Hall–Kier alpha value is -3.52. The van der Waals surface area contributed by atoms with Crippen molar-refractivity contribution < 1.29 is 0 Å². The fourth-order valence-corrected chi connectivity index (χ4v) is 2.95. The topological polar surface area (TPSA) is 93.1 Å². The van der Waals surface area contributed by atoms with E-state index in [1.165, 1.54) is 0 Å². The van der Waals surface area contributed by atoms with Gasteiger partial charge in [-0.2, -0.15) is 5.26 Å². The predicted molar refractivity (Wildman–Crippen MR) is 91.7 cm³/mol. The maximum atomic E-state index is 9.58. The monoisotopic (exact) mass is 299 g/mol. The number of anilines is 2. The quantitative estimate of drug-likeness (QED) is 0.564. The molecule has 0 aliphatic heterocycles. The number of fused-ring (bicyclic) bond motifs is 3. The Kier molecular flexibility index (Phi) is 2.72. The molecule has 0 saturated carbocycles. The van der Waals surface area contributed by atoms with E-state index in [0.29, 0.717) is 28.3 Å². The molecule has 2 heterocycles. The molecule has 5 heteroatoms. The Labute approximate surface area is 132 Å². The number of nitrogens with two attached hydrogens (primary N) is 2. The molecule has 0 atom stereocenters. The van der Waals surface area contributed by atoms with Crippen LogP contribution >= 0.6 is 0 Å². The molecule has 0 unspecified atom stereocenters. The van der Waals surface area contributed by atoms with Crippen LogP contribution < -0.4 is 11.5 Å². The lowest BCUT2D eigenvalue weighted by atomic mass is 10.0. The standard InChI is InChI=1S/C18H13N5/c19-10-12-16(20)15(11-6-2-1-3-7-11)17(21)23-14-9-5-4-8-13(14)22-18(12)23/h1-9H,20-21H2. The summed E-state index contributed by atoms with van der Waals surface area (Å²) in [4.78, 5) is 4.52. The van der Waals surface area contributed by atoms with E-state index in [2.05, 4.69) is 11.1 Å². The van der Waals surface area contributed by atoms with Gasteiger partial charge in [0.2, 0.25) is 0 Å². The van der Waals surface area contributed by atoms with E-state index in [1.807, 2.05) is 54.6 Å². The summed E-state index contributed by atoms with van der Waals surface area (Å²) >= 11 is 0. The van der Waals surface area contributed by atoms with Crippen molar-refractivity contribution in [3.63, 3.8) is 0 Å². The van der Waals surface area contributed by atoms with Gasteiger partial charge in [-0.3, -0.25) is 4.40 Å². The second-order valence-corrected chi connectivity index (χ2v) is 5.29. The van der Waals surface area contributed by atoms with Gasteiger partial charge in [0.15, 0.2) is 5.65 Å². The smallest absolute Gasteiger partial charge is 0.159 e. The molecule has 2 aromatic carbocycles. The van der Waals surface area contributed by atoms with Gasteiger partial charge in [-0.05, 0) is 17.7 Å². The zero-order valence-corrected chi connectivity index (χ0v) is 12.2. The lowest BCUT2D eigenvalue weighted by molar-refractivity contribution is 1.23. The van der Waals surface area contributed by atoms with E-state index in [4.69, 9.17) is 11.5 Å². The van der Waals surface area contributed by atoms with Gasteiger partial charge in [0.1, 0.15) is 17.5 Å².